The third kappa shape index (κ3) is 5.17. The Morgan fingerprint density at radius 1 is 1.47 bits per heavy atom. The number of carbonyl (C=O) groups is 1. The van der Waals surface area contributed by atoms with Crippen molar-refractivity contribution in [1.29, 1.82) is 0 Å². The minimum absolute atomic E-state index is 0.141. The molecule has 1 aliphatic rings. The van der Waals surface area contributed by atoms with Gasteiger partial charge < -0.3 is 10.4 Å². The first-order valence-electron chi connectivity index (χ1n) is 6.10. The van der Waals surface area contributed by atoms with Crippen molar-refractivity contribution in [1.82, 2.24) is 5.32 Å². The van der Waals surface area contributed by atoms with Crippen LogP contribution in [0, 0.1) is 11.8 Å². The molecule has 0 spiro atoms. The Hall–Kier alpha value is -0.570. The second-order valence-electron chi connectivity index (χ2n) is 4.78. The number of nitrogens with one attached hydrogen (secondary N) is 1. The van der Waals surface area contributed by atoms with Crippen molar-refractivity contribution in [3.8, 4) is 0 Å². The van der Waals surface area contributed by atoms with Crippen LogP contribution in [0.5, 0.6) is 0 Å². The van der Waals surface area contributed by atoms with Crippen molar-refractivity contribution in [3.63, 3.8) is 0 Å². The summed E-state index contributed by atoms with van der Waals surface area (Å²) in [6, 6.07) is 0. The van der Waals surface area contributed by atoms with E-state index in [4.69, 9.17) is 5.11 Å². The molecule has 1 saturated carbocycles. The van der Waals surface area contributed by atoms with Crippen molar-refractivity contribution >= 4 is 5.91 Å². The Bertz CT molecular complexity index is 188. The lowest BCUT2D eigenvalue weighted by Gasteiger charge is -2.11. The molecule has 1 fully saturated rings. The highest BCUT2D eigenvalue weighted by Crippen LogP contribution is 2.28. The van der Waals surface area contributed by atoms with Crippen molar-refractivity contribution in [2.45, 2.75) is 45.4 Å². The quantitative estimate of drug-likeness (QED) is 0.705. The van der Waals surface area contributed by atoms with Crippen LogP contribution in [0.4, 0.5) is 0 Å². The average Bonchev–Trinajstić information content (AvgIpc) is 2.75. The lowest BCUT2D eigenvalue weighted by Crippen LogP contribution is -2.29. The predicted molar refractivity (Wildman–Crippen MR) is 60.5 cm³/mol. The molecule has 1 unspecified atom stereocenters. The number of aliphatic hydroxyl groups is 1. The highest BCUT2D eigenvalue weighted by molar-refractivity contribution is 5.75. The lowest BCUT2D eigenvalue weighted by atomic mass is 10.0. The van der Waals surface area contributed by atoms with E-state index >= 15 is 0 Å². The van der Waals surface area contributed by atoms with Crippen molar-refractivity contribution in [2.24, 2.45) is 11.8 Å². The Labute approximate surface area is 92.3 Å². The molecule has 1 atom stereocenters. The summed E-state index contributed by atoms with van der Waals surface area (Å²) in [4.78, 5) is 11.4. The zero-order chi connectivity index (χ0) is 11.1. The van der Waals surface area contributed by atoms with Crippen LogP contribution in [0.1, 0.15) is 45.4 Å². The van der Waals surface area contributed by atoms with Gasteiger partial charge in [0.05, 0.1) is 0 Å². The summed E-state index contributed by atoms with van der Waals surface area (Å²) < 4.78 is 0. The molecule has 0 aromatic heterocycles. The zero-order valence-electron chi connectivity index (χ0n) is 9.67. The zero-order valence-corrected chi connectivity index (χ0v) is 9.67. The highest BCUT2D eigenvalue weighted by Gasteiger charge is 2.16. The Morgan fingerprint density at radius 3 is 2.73 bits per heavy atom. The van der Waals surface area contributed by atoms with Crippen molar-refractivity contribution in [2.75, 3.05) is 13.2 Å². The van der Waals surface area contributed by atoms with Gasteiger partial charge in [-0.3, -0.25) is 4.79 Å². The first-order chi connectivity index (χ1) is 7.22. The Balaban J connectivity index is 2.02. The van der Waals surface area contributed by atoms with Crippen molar-refractivity contribution < 1.29 is 9.90 Å². The monoisotopic (exact) mass is 213 g/mol. The van der Waals surface area contributed by atoms with Gasteiger partial charge in [-0.25, -0.2) is 0 Å². The minimum atomic E-state index is 0.141. The number of amides is 1. The third-order valence-corrected chi connectivity index (χ3v) is 3.21. The van der Waals surface area contributed by atoms with Gasteiger partial charge in [0.2, 0.25) is 5.91 Å². The fourth-order valence-electron chi connectivity index (χ4n) is 2.08. The molecular formula is C12H23NO2. The molecule has 0 aromatic carbocycles. The average molecular weight is 213 g/mol. The molecule has 15 heavy (non-hydrogen) atoms. The topological polar surface area (TPSA) is 49.3 Å². The van der Waals surface area contributed by atoms with E-state index in [0.29, 0.717) is 13.0 Å². The van der Waals surface area contributed by atoms with Crippen molar-refractivity contribution in [3.05, 3.63) is 0 Å². The summed E-state index contributed by atoms with van der Waals surface area (Å²) in [6.07, 6.45) is 6.99. The van der Waals surface area contributed by atoms with E-state index in [9.17, 15) is 4.79 Å². The van der Waals surface area contributed by atoms with Gasteiger partial charge in [0.25, 0.3) is 0 Å². The van der Waals surface area contributed by atoms with Crippen LogP contribution < -0.4 is 5.32 Å². The minimum Gasteiger partial charge on any atom is -0.396 e. The van der Waals surface area contributed by atoms with E-state index in [0.717, 1.165) is 12.3 Å². The van der Waals surface area contributed by atoms with Gasteiger partial charge in [0.15, 0.2) is 0 Å². The molecule has 0 bridgehead atoms. The van der Waals surface area contributed by atoms with Gasteiger partial charge in [-0.1, -0.05) is 32.6 Å². The van der Waals surface area contributed by atoms with Gasteiger partial charge in [-0.05, 0) is 18.3 Å². The van der Waals surface area contributed by atoms with E-state index in [1.54, 1.807) is 0 Å². The third-order valence-electron chi connectivity index (χ3n) is 3.21. The molecule has 0 heterocycles. The summed E-state index contributed by atoms with van der Waals surface area (Å²) in [5.41, 5.74) is 0. The van der Waals surface area contributed by atoms with Crippen LogP contribution in [0.15, 0.2) is 0 Å². The molecule has 0 saturated heterocycles. The van der Waals surface area contributed by atoms with Gasteiger partial charge in [0.1, 0.15) is 0 Å². The molecular weight excluding hydrogens is 190 g/mol. The van der Waals surface area contributed by atoms with Crippen LogP contribution in [-0.2, 0) is 4.79 Å². The first kappa shape index (κ1) is 12.5. The largest absolute Gasteiger partial charge is 0.396 e. The maximum atomic E-state index is 11.4. The lowest BCUT2D eigenvalue weighted by molar-refractivity contribution is -0.121. The number of carbonyl (C=O) groups excluding carboxylic acids is 1. The van der Waals surface area contributed by atoms with E-state index in [1.165, 1.54) is 25.7 Å². The van der Waals surface area contributed by atoms with Gasteiger partial charge in [-0.2, -0.15) is 0 Å². The number of hydrogen-bond donors (Lipinski definition) is 2. The molecule has 88 valence electrons. The smallest absolute Gasteiger partial charge is 0.220 e. The van der Waals surface area contributed by atoms with Crippen LogP contribution in [0.2, 0.25) is 0 Å². The van der Waals surface area contributed by atoms with Crippen LogP contribution in [-0.4, -0.2) is 24.2 Å². The summed E-state index contributed by atoms with van der Waals surface area (Å²) in [7, 11) is 0. The molecule has 0 aliphatic heterocycles. The molecule has 1 amide bonds. The Kier molecular flexibility index (Phi) is 5.69. The summed E-state index contributed by atoms with van der Waals surface area (Å²) in [6.45, 7) is 2.67. The van der Waals surface area contributed by atoms with Gasteiger partial charge in [0, 0.05) is 19.6 Å². The van der Waals surface area contributed by atoms with Crippen LogP contribution in [0.3, 0.4) is 0 Å². The number of aliphatic hydroxyl groups excluding tert-OH is 1. The number of hydrogen-bond acceptors (Lipinski definition) is 2. The summed E-state index contributed by atoms with van der Waals surface area (Å²) in [5, 5.41) is 11.7. The second-order valence-corrected chi connectivity index (χ2v) is 4.78. The molecule has 1 aliphatic carbocycles. The maximum absolute atomic E-state index is 11.4. The van der Waals surface area contributed by atoms with E-state index < -0.39 is 0 Å². The maximum Gasteiger partial charge on any atom is 0.220 e. The molecule has 3 nitrogen and oxygen atoms in total. The Morgan fingerprint density at radius 2 is 2.13 bits per heavy atom. The normalized spacial score (nSPS) is 19.1. The fraction of sp³-hybridized carbons (Fsp3) is 0.917. The second kappa shape index (κ2) is 6.83. The van der Waals surface area contributed by atoms with Gasteiger partial charge >= 0.3 is 0 Å². The van der Waals surface area contributed by atoms with Crippen LogP contribution >= 0.6 is 0 Å². The SMILES string of the molecule is CC(CO)CNC(=O)CCC1CCCC1. The van der Waals surface area contributed by atoms with E-state index in [-0.39, 0.29) is 18.4 Å². The molecule has 1 rings (SSSR count). The molecule has 2 N–H and O–H groups in total. The first-order valence-corrected chi connectivity index (χ1v) is 6.10. The van der Waals surface area contributed by atoms with Gasteiger partial charge in [-0.15, -0.1) is 0 Å². The van der Waals surface area contributed by atoms with E-state index in [2.05, 4.69) is 5.32 Å². The summed E-state index contributed by atoms with van der Waals surface area (Å²) in [5.74, 6) is 1.09. The molecule has 3 heteroatoms. The molecule has 0 radical (unpaired) electrons. The summed E-state index contributed by atoms with van der Waals surface area (Å²) >= 11 is 0. The predicted octanol–water partition coefficient (Wildman–Crippen LogP) is 1.70. The fourth-order valence-corrected chi connectivity index (χ4v) is 2.08. The van der Waals surface area contributed by atoms with Crippen LogP contribution in [0.25, 0.3) is 0 Å². The molecule has 0 aromatic rings. The van der Waals surface area contributed by atoms with E-state index in [1.807, 2.05) is 6.92 Å². The highest BCUT2D eigenvalue weighted by atomic mass is 16.3. The number of rotatable bonds is 6. The standard InChI is InChI=1S/C12H23NO2/c1-10(9-14)8-13-12(15)7-6-11-4-2-3-5-11/h10-11,14H,2-9H2,1H3,(H,13,15).